The first-order valence-electron chi connectivity index (χ1n) is 3.34. The zero-order chi connectivity index (χ0) is 9.14. The van der Waals surface area contributed by atoms with Crippen LogP contribution in [-0.2, 0) is 0 Å². The van der Waals surface area contributed by atoms with Gasteiger partial charge in [0.15, 0.2) is 0 Å². The van der Waals surface area contributed by atoms with E-state index in [1.54, 1.807) is 19.1 Å². The van der Waals surface area contributed by atoms with Gasteiger partial charge in [-0.25, -0.2) is 0 Å². The predicted octanol–water partition coefficient (Wildman–Crippen LogP) is 2.89. The molecule has 0 bridgehead atoms. The van der Waals surface area contributed by atoms with Crippen LogP contribution in [0.3, 0.4) is 0 Å². The van der Waals surface area contributed by atoms with Crippen molar-refractivity contribution < 1.29 is 13.5 Å². The Morgan fingerprint density at radius 2 is 2.08 bits per heavy atom. The molecule has 1 aromatic rings. The van der Waals surface area contributed by atoms with E-state index in [4.69, 9.17) is 0 Å². The van der Waals surface area contributed by atoms with Gasteiger partial charge in [0.1, 0.15) is 5.75 Å². The summed E-state index contributed by atoms with van der Waals surface area (Å²) in [4.78, 5) is 0.731. The van der Waals surface area contributed by atoms with Crippen molar-refractivity contribution in [3.8, 4) is 5.75 Å². The Kier molecular flexibility index (Phi) is 2.92. The van der Waals surface area contributed by atoms with Crippen LogP contribution >= 0.6 is 12.6 Å². The maximum Gasteiger partial charge on any atom is 0.387 e. The molecule has 4 heteroatoms. The average Bonchev–Trinajstić information content (AvgIpc) is 1.94. The first-order chi connectivity index (χ1) is 5.59. The highest BCUT2D eigenvalue weighted by Gasteiger charge is 2.06. The molecule has 0 spiro atoms. The highest BCUT2D eigenvalue weighted by molar-refractivity contribution is 7.80. The fourth-order valence-electron chi connectivity index (χ4n) is 0.862. The minimum Gasteiger partial charge on any atom is -0.435 e. The van der Waals surface area contributed by atoms with Crippen molar-refractivity contribution in [1.29, 1.82) is 0 Å². The van der Waals surface area contributed by atoms with Crippen LogP contribution in [0.1, 0.15) is 5.56 Å². The van der Waals surface area contributed by atoms with Gasteiger partial charge >= 0.3 is 6.61 Å². The summed E-state index contributed by atoms with van der Waals surface area (Å²) in [6.45, 7) is -1.08. The smallest absolute Gasteiger partial charge is 0.387 e. The predicted molar refractivity (Wildman–Crippen MR) is 45.1 cm³/mol. The Balaban J connectivity index is 2.86. The van der Waals surface area contributed by atoms with Gasteiger partial charge in [0.25, 0.3) is 0 Å². The highest BCUT2D eigenvalue weighted by atomic mass is 32.1. The van der Waals surface area contributed by atoms with Crippen molar-refractivity contribution in [3.63, 3.8) is 0 Å². The topological polar surface area (TPSA) is 9.23 Å². The van der Waals surface area contributed by atoms with Crippen molar-refractivity contribution in [1.82, 2.24) is 0 Å². The zero-order valence-corrected chi connectivity index (χ0v) is 7.32. The van der Waals surface area contributed by atoms with Crippen molar-refractivity contribution in [2.24, 2.45) is 0 Å². The summed E-state index contributed by atoms with van der Waals surface area (Å²) in [5, 5.41) is 0. The van der Waals surface area contributed by atoms with Gasteiger partial charge in [0.05, 0.1) is 0 Å². The maximum atomic E-state index is 11.8. The largest absolute Gasteiger partial charge is 0.435 e. The standard InChI is InChI=1S/C8H8F2OS/c1-5-4-6(12)2-3-7(5)11-8(9)10/h2-4,8,12H,1H3. The summed E-state index contributed by atoms with van der Waals surface area (Å²) in [7, 11) is 0. The van der Waals surface area contributed by atoms with Gasteiger partial charge < -0.3 is 4.74 Å². The normalized spacial score (nSPS) is 10.4. The molecule has 0 aliphatic carbocycles. The van der Waals surface area contributed by atoms with Crippen molar-refractivity contribution in [2.45, 2.75) is 18.4 Å². The molecule has 0 saturated heterocycles. The molecule has 0 aromatic heterocycles. The first kappa shape index (κ1) is 9.32. The molecule has 1 rings (SSSR count). The van der Waals surface area contributed by atoms with Crippen LogP contribution in [0.2, 0.25) is 0 Å². The second kappa shape index (κ2) is 3.76. The molecule has 0 saturated carbocycles. The number of hydrogen-bond donors (Lipinski definition) is 1. The van der Waals surface area contributed by atoms with Gasteiger partial charge in [-0.2, -0.15) is 8.78 Å². The second-order valence-corrected chi connectivity index (χ2v) is 2.84. The summed E-state index contributed by atoms with van der Waals surface area (Å²) in [6.07, 6.45) is 0. The third-order valence-electron chi connectivity index (χ3n) is 1.37. The average molecular weight is 190 g/mol. The second-order valence-electron chi connectivity index (χ2n) is 2.33. The fourth-order valence-corrected chi connectivity index (χ4v) is 1.13. The fraction of sp³-hybridized carbons (Fsp3) is 0.250. The Hall–Kier alpha value is -0.770. The van der Waals surface area contributed by atoms with E-state index in [-0.39, 0.29) is 5.75 Å². The number of hydrogen-bond acceptors (Lipinski definition) is 2. The lowest BCUT2D eigenvalue weighted by Crippen LogP contribution is -2.02. The quantitative estimate of drug-likeness (QED) is 0.705. The number of benzene rings is 1. The molecular formula is C8H8F2OS. The van der Waals surface area contributed by atoms with Crippen molar-refractivity contribution in [3.05, 3.63) is 23.8 Å². The van der Waals surface area contributed by atoms with E-state index in [0.717, 1.165) is 4.90 Å². The molecule has 0 unspecified atom stereocenters. The number of halogens is 2. The number of ether oxygens (including phenoxy) is 1. The number of alkyl halides is 2. The Morgan fingerprint density at radius 3 is 2.58 bits per heavy atom. The van der Waals surface area contributed by atoms with Gasteiger partial charge in [0, 0.05) is 4.90 Å². The minimum absolute atomic E-state index is 0.197. The summed E-state index contributed by atoms with van der Waals surface area (Å²) < 4.78 is 27.8. The Labute approximate surface area is 74.8 Å². The molecule has 12 heavy (non-hydrogen) atoms. The van der Waals surface area contributed by atoms with E-state index in [9.17, 15) is 8.78 Å². The molecule has 1 aromatic carbocycles. The van der Waals surface area contributed by atoms with E-state index >= 15 is 0 Å². The summed E-state index contributed by atoms with van der Waals surface area (Å²) >= 11 is 4.05. The molecule has 0 amide bonds. The molecule has 0 aliphatic heterocycles. The van der Waals surface area contributed by atoms with Crippen molar-refractivity contribution in [2.75, 3.05) is 0 Å². The zero-order valence-electron chi connectivity index (χ0n) is 6.42. The molecule has 0 fully saturated rings. The van der Waals surface area contributed by atoms with Crippen LogP contribution in [0.15, 0.2) is 23.1 Å². The van der Waals surface area contributed by atoms with Gasteiger partial charge in [-0.3, -0.25) is 0 Å². The molecule has 0 atom stereocenters. The van der Waals surface area contributed by atoms with Gasteiger partial charge in [-0.1, -0.05) is 0 Å². The first-order valence-corrected chi connectivity index (χ1v) is 3.79. The molecule has 1 nitrogen and oxygen atoms in total. The van der Waals surface area contributed by atoms with Gasteiger partial charge in [-0.15, -0.1) is 12.6 Å². The van der Waals surface area contributed by atoms with E-state index in [0.29, 0.717) is 5.56 Å². The molecule has 0 radical (unpaired) electrons. The van der Waals surface area contributed by atoms with Crippen LogP contribution in [0.5, 0.6) is 5.75 Å². The number of rotatable bonds is 2. The number of aryl methyl sites for hydroxylation is 1. The van der Waals surface area contributed by atoms with Gasteiger partial charge in [-0.05, 0) is 30.7 Å². The summed E-state index contributed by atoms with van der Waals surface area (Å²) in [5.74, 6) is 0.197. The van der Waals surface area contributed by atoms with Crippen LogP contribution in [0.4, 0.5) is 8.78 Å². The van der Waals surface area contributed by atoms with E-state index in [2.05, 4.69) is 17.4 Å². The summed E-state index contributed by atoms with van der Waals surface area (Å²) in [6, 6.07) is 4.75. The molecule has 0 aliphatic rings. The highest BCUT2D eigenvalue weighted by Crippen LogP contribution is 2.22. The van der Waals surface area contributed by atoms with Crippen LogP contribution in [-0.4, -0.2) is 6.61 Å². The lowest BCUT2D eigenvalue weighted by molar-refractivity contribution is -0.0503. The molecular weight excluding hydrogens is 182 g/mol. The maximum absolute atomic E-state index is 11.8. The molecule has 66 valence electrons. The molecule has 0 heterocycles. The minimum atomic E-state index is -2.77. The monoisotopic (exact) mass is 190 g/mol. The molecule has 0 N–H and O–H groups in total. The summed E-state index contributed by atoms with van der Waals surface area (Å²) in [5.41, 5.74) is 0.655. The van der Waals surface area contributed by atoms with E-state index < -0.39 is 6.61 Å². The van der Waals surface area contributed by atoms with Crippen LogP contribution < -0.4 is 4.74 Å². The lowest BCUT2D eigenvalue weighted by atomic mass is 10.2. The van der Waals surface area contributed by atoms with Crippen molar-refractivity contribution >= 4 is 12.6 Å². The third-order valence-corrected chi connectivity index (χ3v) is 1.65. The van der Waals surface area contributed by atoms with Crippen LogP contribution in [0.25, 0.3) is 0 Å². The Bertz CT molecular complexity index is 276. The SMILES string of the molecule is Cc1cc(S)ccc1OC(F)F. The van der Waals surface area contributed by atoms with E-state index in [1.165, 1.54) is 6.07 Å². The van der Waals surface area contributed by atoms with E-state index in [1.807, 2.05) is 0 Å². The lowest BCUT2D eigenvalue weighted by Gasteiger charge is -2.07. The van der Waals surface area contributed by atoms with Crippen LogP contribution in [0, 0.1) is 6.92 Å². The Morgan fingerprint density at radius 1 is 1.42 bits per heavy atom. The van der Waals surface area contributed by atoms with Gasteiger partial charge in [0.2, 0.25) is 0 Å². The number of thiol groups is 1. The third kappa shape index (κ3) is 2.37.